The maximum Gasteiger partial charge on any atom is 0.143 e. The average Bonchev–Trinajstić information content (AvgIpc) is 2.30. The fraction of sp³-hybridized carbons (Fsp3) is 0.500. The van der Waals surface area contributed by atoms with Crippen LogP contribution in [0.3, 0.4) is 0 Å². The lowest BCUT2D eigenvalue weighted by atomic mass is 10.1. The van der Waals surface area contributed by atoms with Gasteiger partial charge in [0.15, 0.2) is 0 Å². The van der Waals surface area contributed by atoms with Crippen LogP contribution in [-0.2, 0) is 4.79 Å². The summed E-state index contributed by atoms with van der Waals surface area (Å²) in [5, 5.41) is 0. The van der Waals surface area contributed by atoms with Crippen molar-refractivity contribution < 1.29 is 4.79 Å². The molecule has 3 heteroatoms. The fourth-order valence-electron chi connectivity index (χ4n) is 2.38. The number of aryl methyl sites for hydroxylation is 1. The van der Waals surface area contributed by atoms with Gasteiger partial charge in [-0.25, -0.2) is 0 Å². The first-order valence-corrected chi connectivity index (χ1v) is 6.19. The van der Waals surface area contributed by atoms with E-state index in [1.165, 1.54) is 11.3 Å². The molecule has 1 aliphatic heterocycles. The first-order valence-electron chi connectivity index (χ1n) is 6.19. The number of carbonyl (C=O) groups is 1. The summed E-state index contributed by atoms with van der Waals surface area (Å²) in [6.45, 7) is 8.39. The number of hydrogen-bond donors (Lipinski definition) is 0. The summed E-state index contributed by atoms with van der Waals surface area (Å²) in [5.41, 5.74) is 2.66. The van der Waals surface area contributed by atoms with Gasteiger partial charge in [0.25, 0.3) is 0 Å². The second kappa shape index (κ2) is 5.32. The third-order valence-corrected chi connectivity index (χ3v) is 3.27. The van der Waals surface area contributed by atoms with Crippen molar-refractivity contribution >= 4 is 11.5 Å². The predicted octanol–water partition coefficient (Wildman–Crippen LogP) is 1.71. The van der Waals surface area contributed by atoms with E-state index >= 15 is 0 Å². The SMILES string of the molecule is CC(=O)CN1CCN(c2ccccc2C)CC1. The van der Waals surface area contributed by atoms with Gasteiger partial charge in [0.1, 0.15) is 5.78 Å². The number of nitrogens with zero attached hydrogens (tertiary/aromatic N) is 2. The van der Waals surface area contributed by atoms with E-state index in [0.717, 1.165) is 26.2 Å². The summed E-state index contributed by atoms with van der Waals surface area (Å²) in [5.74, 6) is 0.259. The third-order valence-electron chi connectivity index (χ3n) is 3.27. The Labute approximate surface area is 103 Å². The maximum atomic E-state index is 11.1. The average molecular weight is 232 g/mol. The molecule has 0 bridgehead atoms. The summed E-state index contributed by atoms with van der Waals surface area (Å²) >= 11 is 0. The molecule has 17 heavy (non-hydrogen) atoms. The van der Waals surface area contributed by atoms with Crippen molar-refractivity contribution in [3.8, 4) is 0 Å². The minimum Gasteiger partial charge on any atom is -0.369 e. The molecule has 1 heterocycles. The van der Waals surface area contributed by atoms with Crippen molar-refractivity contribution in [1.29, 1.82) is 0 Å². The van der Waals surface area contributed by atoms with Crippen molar-refractivity contribution in [3.05, 3.63) is 29.8 Å². The van der Waals surface area contributed by atoms with E-state index in [2.05, 4.69) is 41.0 Å². The number of Topliss-reactive ketones (excluding diaryl/α,β-unsaturated/α-hetero) is 1. The van der Waals surface area contributed by atoms with Crippen LogP contribution in [-0.4, -0.2) is 43.4 Å². The second-order valence-electron chi connectivity index (χ2n) is 4.75. The highest BCUT2D eigenvalue weighted by atomic mass is 16.1. The molecule has 0 aromatic heterocycles. The Morgan fingerprint density at radius 2 is 1.82 bits per heavy atom. The molecule has 0 atom stereocenters. The smallest absolute Gasteiger partial charge is 0.143 e. The van der Waals surface area contributed by atoms with Gasteiger partial charge in [-0.05, 0) is 25.5 Å². The molecular formula is C14H20N2O. The van der Waals surface area contributed by atoms with E-state index in [4.69, 9.17) is 0 Å². The summed E-state index contributed by atoms with van der Waals surface area (Å²) in [6.07, 6.45) is 0. The number of benzene rings is 1. The van der Waals surface area contributed by atoms with E-state index in [9.17, 15) is 4.79 Å². The molecule has 2 rings (SSSR count). The number of piperazine rings is 1. The number of carbonyl (C=O) groups excluding carboxylic acids is 1. The molecule has 1 aromatic rings. The van der Waals surface area contributed by atoms with Crippen LogP contribution in [0.15, 0.2) is 24.3 Å². The number of hydrogen-bond acceptors (Lipinski definition) is 3. The van der Waals surface area contributed by atoms with Crippen molar-refractivity contribution in [3.63, 3.8) is 0 Å². The molecule has 0 aliphatic carbocycles. The molecule has 0 saturated carbocycles. The molecule has 3 nitrogen and oxygen atoms in total. The Morgan fingerprint density at radius 3 is 2.41 bits per heavy atom. The number of rotatable bonds is 3. The van der Waals surface area contributed by atoms with Gasteiger partial charge in [-0.1, -0.05) is 18.2 Å². The molecule has 0 spiro atoms. The zero-order valence-electron chi connectivity index (χ0n) is 10.6. The minimum absolute atomic E-state index is 0.259. The van der Waals surface area contributed by atoms with Crippen LogP contribution < -0.4 is 4.90 Å². The van der Waals surface area contributed by atoms with Crippen molar-refractivity contribution in [2.45, 2.75) is 13.8 Å². The molecule has 1 aliphatic rings. The lowest BCUT2D eigenvalue weighted by Crippen LogP contribution is -2.47. The summed E-state index contributed by atoms with van der Waals surface area (Å²) in [7, 11) is 0. The molecule has 1 aromatic carbocycles. The van der Waals surface area contributed by atoms with Gasteiger partial charge < -0.3 is 4.90 Å². The van der Waals surface area contributed by atoms with E-state index in [1.54, 1.807) is 6.92 Å². The maximum absolute atomic E-state index is 11.1. The number of ketones is 1. The lowest BCUT2D eigenvalue weighted by molar-refractivity contribution is -0.118. The van der Waals surface area contributed by atoms with Crippen molar-refractivity contribution in [1.82, 2.24) is 4.90 Å². The first-order chi connectivity index (χ1) is 8.16. The molecule has 1 fully saturated rings. The van der Waals surface area contributed by atoms with Crippen LogP contribution in [0.2, 0.25) is 0 Å². The Morgan fingerprint density at radius 1 is 1.18 bits per heavy atom. The van der Waals surface area contributed by atoms with Gasteiger partial charge in [-0.3, -0.25) is 9.69 Å². The zero-order chi connectivity index (χ0) is 12.3. The van der Waals surface area contributed by atoms with Crippen LogP contribution in [0.5, 0.6) is 0 Å². The predicted molar refractivity (Wildman–Crippen MR) is 70.5 cm³/mol. The summed E-state index contributed by atoms with van der Waals surface area (Å²) in [6, 6.07) is 8.49. The van der Waals surface area contributed by atoms with Crippen LogP contribution in [0.4, 0.5) is 5.69 Å². The highest BCUT2D eigenvalue weighted by molar-refractivity contribution is 5.77. The van der Waals surface area contributed by atoms with Gasteiger partial charge in [0, 0.05) is 31.9 Å². The highest BCUT2D eigenvalue weighted by Gasteiger charge is 2.18. The Kier molecular flexibility index (Phi) is 3.79. The molecule has 92 valence electrons. The topological polar surface area (TPSA) is 23.6 Å². The van der Waals surface area contributed by atoms with E-state index in [1.807, 2.05) is 0 Å². The largest absolute Gasteiger partial charge is 0.369 e. The number of para-hydroxylation sites is 1. The Balaban J connectivity index is 1.95. The molecule has 0 unspecified atom stereocenters. The highest BCUT2D eigenvalue weighted by Crippen LogP contribution is 2.20. The van der Waals surface area contributed by atoms with Crippen LogP contribution in [0.1, 0.15) is 12.5 Å². The minimum atomic E-state index is 0.259. The molecule has 1 saturated heterocycles. The Hall–Kier alpha value is -1.35. The van der Waals surface area contributed by atoms with Gasteiger partial charge in [-0.15, -0.1) is 0 Å². The quantitative estimate of drug-likeness (QED) is 0.792. The van der Waals surface area contributed by atoms with Crippen LogP contribution >= 0.6 is 0 Å². The number of anilines is 1. The lowest BCUT2D eigenvalue weighted by Gasteiger charge is -2.36. The van der Waals surface area contributed by atoms with Gasteiger partial charge in [0.05, 0.1) is 6.54 Å². The molecule has 0 radical (unpaired) electrons. The first kappa shape index (κ1) is 12.1. The van der Waals surface area contributed by atoms with E-state index in [0.29, 0.717) is 6.54 Å². The molecule has 0 N–H and O–H groups in total. The zero-order valence-corrected chi connectivity index (χ0v) is 10.6. The Bertz CT molecular complexity index is 395. The van der Waals surface area contributed by atoms with Crippen molar-refractivity contribution in [2.24, 2.45) is 0 Å². The third kappa shape index (κ3) is 3.07. The standard InChI is InChI=1S/C14H20N2O/c1-12-5-3-4-6-14(12)16-9-7-15(8-10-16)11-13(2)17/h3-6H,7-11H2,1-2H3. The van der Waals surface area contributed by atoms with E-state index < -0.39 is 0 Å². The molecular weight excluding hydrogens is 212 g/mol. The summed E-state index contributed by atoms with van der Waals surface area (Å²) < 4.78 is 0. The van der Waals surface area contributed by atoms with Gasteiger partial charge in [-0.2, -0.15) is 0 Å². The second-order valence-corrected chi connectivity index (χ2v) is 4.75. The fourth-order valence-corrected chi connectivity index (χ4v) is 2.38. The summed E-state index contributed by atoms with van der Waals surface area (Å²) in [4.78, 5) is 15.7. The van der Waals surface area contributed by atoms with Crippen LogP contribution in [0, 0.1) is 6.92 Å². The normalized spacial score (nSPS) is 17.2. The van der Waals surface area contributed by atoms with E-state index in [-0.39, 0.29) is 5.78 Å². The molecule has 0 amide bonds. The van der Waals surface area contributed by atoms with Crippen molar-refractivity contribution in [2.75, 3.05) is 37.6 Å². The van der Waals surface area contributed by atoms with Gasteiger partial charge >= 0.3 is 0 Å². The monoisotopic (exact) mass is 232 g/mol. The van der Waals surface area contributed by atoms with Gasteiger partial charge in [0.2, 0.25) is 0 Å². The van der Waals surface area contributed by atoms with Crippen LogP contribution in [0.25, 0.3) is 0 Å².